The molecule has 0 aliphatic carbocycles. The Hall–Kier alpha value is -3.48. The predicted octanol–water partition coefficient (Wildman–Crippen LogP) is 3.90. The van der Waals surface area contributed by atoms with E-state index in [9.17, 15) is 0 Å². The lowest BCUT2D eigenvalue weighted by Crippen LogP contribution is -2.08. The standard InChI is InChI=1S/C21H24N4O3/c1-26-17-6-4-5-16(14-17)24-21-23-12-10-20(25-21)22-11-9-15-7-8-18(27-2)19(13-15)28-3/h4-8,10,12-14H,9,11H2,1-3H3,(H2,22,23,24,25). The summed E-state index contributed by atoms with van der Waals surface area (Å²) in [6.45, 7) is 0.727. The molecule has 0 atom stereocenters. The molecular formula is C21H24N4O3. The quantitative estimate of drug-likeness (QED) is 0.583. The van der Waals surface area contributed by atoms with Gasteiger partial charge in [0.2, 0.25) is 5.95 Å². The number of rotatable bonds is 9. The third-order valence-electron chi connectivity index (χ3n) is 4.15. The molecule has 0 radical (unpaired) electrons. The molecule has 0 aliphatic heterocycles. The molecule has 0 saturated carbocycles. The van der Waals surface area contributed by atoms with Crippen LogP contribution < -0.4 is 24.8 Å². The monoisotopic (exact) mass is 380 g/mol. The highest BCUT2D eigenvalue weighted by atomic mass is 16.5. The Morgan fingerprint density at radius 3 is 2.54 bits per heavy atom. The van der Waals surface area contributed by atoms with Crippen LogP contribution in [0.1, 0.15) is 5.56 Å². The van der Waals surface area contributed by atoms with Crippen molar-refractivity contribution in [3.63, 3.8) is 0 Å². The fraction of sp³-hybridized carbons (Fsp3) is 0.238. The van der Waals surface area contributed by atoms with Crippen molar-refractivity contribution >= 4 is 17.5 Å². The van der Waals surface area contributed by atoms with Crippen LogP contribution in [-0.4, -0.2) is 37.8 Å². The van der Waals surface area contributed by atoms with Crippen LogP contribution in [0.3, 0.4) is 0 Å². The van der Waals surface area contributed by atoms with Crippen LogP contribution >= 0.6 is 0 Å². The highest BCUT2D eigenvalue weighted by Crippen LogP contribution is 2.27. The van der Waals surface area contributed by atoms with Crippen molar-refractivity contribution in [2.24, 2.45) is 0 Å². The van der Waals surface area contributed by atoms with E-state index in [1.54, 1.807) is 27.5 Å². The van der Waals surface area contributed by atoms with E-state index in [2.05, 4.69) is 20.6 Å². The number of benzene rings is 2. The number of anilines is 3. The van der Waals surface area contributed by atoms with Crippen LogP contribution in [0, 0.1) is 0 Å². The number of hydrogen-bond acceptors (Lipinski definition) is 7. The van der Waals surface area contributed by atoms with Gasteiger partial charge in [-0.2, -0.15) is 4.98 Å². The molecule has 0 fully saturated rings. The van der Waals surface area contributed by atoms with Gasteiger partial charge in [0.25, 0.3) is 0 Å². The highest BCUT2D eigenvalue weighted by Gasteiger charge is 2.05. The van der Waals surface area contributed by atoms with Gasteiger partial charge in [-0.25, -0.2) is 4.98 Å². The Balaban J connectivity index is 1.59. The van der Waals surface area contributed by atoms with Crippen molar-refractivity contribution in [3.05, 3.63) is 60.3 Å². The minimum Gasteiger partial charge on any atom is -0.497 e. The SMILES string of the molecule is COc1cccc(Nc2nccc(NCCc3ccc(OC)c(OC)c3)n2)c1. The first kappa shape index (κ1) is 19.3. The smallest absolute Gasteiger partial charge is 0.229 e. The zero-order valence-corrected chi connectivity index (χ0v) is 16.2. The molecule has 1 heterocycles. The van der Waals surface area contributed by atoms with Crippen LogP contribution in [-0.2, 0) is 6.42 Å². The number of aromatic nitrogens is 2. The first-order chi connectivity index (χ1) is 13.7. The lowest BCUT2D eigenvalue weighted by molar-refractivity contribution is 0.354. The minimum atomic E-state index is 0.518. The van der Waals surface area contributed by atoms with Gasteiger partial charge in [0.15, 0.2) is 11.5 Å². The maximum absolute atomic E-state index is 5.35. The fourth-order valence-corrected chi connectivity index (χ4v) is 2.72. The van der Waals surface area contributed by atoms with Crippen molar-refractivity contribution in [2.45, 2.75) is 6.42 Å². The van der Waals surface area contributed by atoms with E-state index in [1.807, 2.05) is 48.5 Å². The minimum absolute atomic E-state index is 0.518. The van der Waals surface area contributed by atoms with Crippen molar-refractivity contribution in [1.29, 1.82) is 0 Å². The van der Waals surface area contributed by atoms with E-state index < -0.39 is 0 Å². The molecule has 0 unspecified atom stereocenters. The van der Waals surface area contributed by atoms with Crippen molar-refractivity contribution in [1.82, 2.24) is 9.97 Å². The van der Waals surface area contributed by atoms with Gasteiger partial charge in [-0.15, -0.1) is 0 Å². The average Bonchev–Trinajstić information content (AvgIpc) is 2.74. The van der Waals surface area contributed by atoms with Crippen LogP contribution in [0.15, 0.2) is 54.7 Å². The molecule has 1 aromatic heterocycles. The van der Waals surface area contributed by atoms with Crippen LogP contribution in [0.2, 0.25) is 0 Å². The molecule has 0 amide bonds. The predicted molar refractivity (Wildman–Crippen MR) is 110 cm³/mol. The van der Waals surface area contributed by atoms with E-state index in [0.717, 1.165) is 47.3 Å². The van der Waals surface area contributed by atoms with Crippen LogP contribution in [0.5, 0.6) is 17.2 Å². The zero-order valence-electron chi connectivity index (χ0n) is 16.2. The highest BCUT2D eigenvalue weighted by molar-refractivity contribution is 5.57. The van der Waals surface area contributed by atoms with Gasteiger partial charge >= 0.3 is 0 Å². The lowest BCUT2D eigenvalue weighted by atomic mass is 10.1. The van der Waals surface area contributed by atoms with Crippen molar-refractivity contribution in [3.8, 4) is 17.2 Å². The van der Waals surface area contributed by atoms with Crippen LogP contribution in [0.4, 0.5) is 17.5 Å². The number of nitrogens with one attached hydrogen (secondary N) is 2. The first-order valence-corrected chi connectivity index (χ1v) is 8.90. The molecule has 3 aromatic rings. The molecule has 0 spiro atoms. The van der Waals surface area contributed by atoms with E-state index in [1.165, 1.54) is 0 Å². The molecule has 7 nitrogen and oxygen atoms in total. The molecule has 2 aromatic carbocycles. The van der Waals surface area contributed by atoms with Crippen molar-refractivity contribution < 1.29 is 14.2 Å². The molecule has 28 heavy (non-hydrogen) atoms. The summed E-state index contributed by atoms with van der Waals surface area (Å²) in [5, 5.41) is 6.50. The topological polar surface area (TPSA) is 77.5 Å². The van der Waals surface area contributed by atoms with Gasteiger partial charge < -0.3 is 24.8 Å². The van der Waals surface area contributed by atoms with Gasteiger partial charge in [-0.3, -0.25) is 0 Å². The van der Waals surface area contributed by atoms with Crippen molar-refractivity contribution in [2.75, 3.05) is 38.5 Å². The maximum atomic E-state index is 5.35. The number of methoxy groups -OCH3 is 3. The van der Waals surface area contributed by atoms with E-state index in [-0.39, 0.29) is 0 Å². The zero-order chi connectivity index (χ0) is 19.8. The Morgan fingerprint density at radius 1 is 0.893 bits per heavy atom. The molecule has 3 rings (SSSR count). The third kappa shape index (κ3) is 5.03. The Morgan fingerprint density at radius 2 is 1.75 bits per heavy atom. The average molecular weight is 380 g/mol. The summed E-state index contributed by atoms with van der Waals surface area (Å²) in [6.07, 6.45) is 2.54. The molecule has 0 bridgehead atoms. The Labute approximate surface area is 164 Å². The molecule has 7 heteroatoms. The summed E-state index contributed by atoms with van der Waals surface area (Å²) in [7, 11) is 4.90. The fourth-order valence-electron chi connectivity index (χ4n) is 2.72. The molecule has 0 aliphatic rings. The number of hydrogen-bond donors (Lipinski definition) is 2. The molecule has 2 N–H and O–H groups in total. The number of nitrogens with zero attached hydrogens (tertiary/aromatic N) is 2. The van der Waals surface area contributed by atoms with E-state index in [4.69, 9.17) is 14.2 Å². The summed E-state index contributed by atoms with van der Waals surface area (Å²) in [4.78, 5) is 8.76. The second-order valence-electron chi connectivity index (χ2n) is 5.99. The second kappa shape index (κ2) is 9.45. The van der Waals surface area contributed by atoms with Gasteiger partial charge in [0.05, 0.1) is 21.3 Å². The molecular weight excluding hydrogens is 356 g/mol. The number of ether oxygens (including phenoxy) is 3. The van der Waals surface area contributed by atoms with Gasteiger partial charge in [0.1, 0.15) is 11.6 Å². The van der Waals surface area contributed by atoms with Gasteiger partial charge in [-0.05, 0) is 42.3 Å². The first-order valence-electron chi connectivity index (χ1n) is 8.90. The summed E-state index contributed by atoms with van der Waals surface area (Å²) >= 11 is 0. The maximum Gasteiger partial charge on any atom is 0.229 e. The molecule has 146 valence electrons. The third-order valence-corrected chi connectivity index (χ3v) is 4.15. The molecule has 0 saturated heterocycles. The van der Waals surface area contributed by atoms with E-state index in [0.29, 0.717) is 5.95 Å². The van der Waals surface area contributed by atoms with E-state index >= 15 is 0 Å². The van der Waals surface area contributed by atoms with Crippen LogP contribution in [0.25, 0.3) is 0 Å². The second-order valence-corrected chi connectivity index (χ2v) is 5.99. The Kier molecular flexibility index (Phi) is 6.51. The Bertz CT molecular complexity index is 918. The van der Waals surface area contributed by atoms with Gasteiger partial charge in [-0.1, -0.05) is 12.1 Å². The normalized spacial score (nSPS) is 10.2. The largest absolute Gasteiger partial charge is 0.497 e. The lowest BCUT2D eigenvalue weighted by Gasteiger charge is -2.11. The summed E-state index contributed by atoms with van der Waals surface area (Å²) < 4.78 is 15.8. The van der Waals surface area contributed by atoms with Gasteiger partial charge in [0, 0.05) is 24.5 Å². The summed E-state index contributed by atoms with van der Waals surface area (Å²) in [6, 6.07) is 15.4. The summed E-state index contributed by atoms with van der Waals surface area (Å²) in [5.74, 6) is 3.49. The summed E-state index contributed by atoms with van der Waals surface area (Å²) in [5.41, 5.74) is 2.01.